The molecule has 0 nitrogen and oxygen atoms in total. The first kappa shape index (κ1) is 7.20. The Morgan fingerprint density at radius 3 is 1.50 bits per heavy atom. The van der Waals surface area contributed by atoms with Crippen molar-refractivity contribution in [2.75, 3.05) is 8.86 Å². The summed E-state index contributed by atoms with van der Waals surface area (Å²) < 4.78 is 2.28. The lowest BCUT2D eigenvalue weighted by Gasteiger charge is -1.70. The van der Waals surface area contributed by atoms with Gasteiger partial charge in [-0.2, -0.15) is 0 Å². The normalized spacial score (nSPS) is 10.3. The van der Waals surface area contributed by atoms with Gasteiger partial charge in [0.2, 0.25) is 0 Å². The van der Waals surface area contributed by atoms with Crippen LogP contribution in [0.4, 0.5) is 0 Å². The molecule has 2 heteroatoms. The van der Waals surface area contributed by atoms with Gasteiger partial charge in [0.15, 0.2) is 0 Å². The first-order chi connectivity index (χ1) is 2.91. The van der Waals surface area contributed by atoms with Crippen LogP contribution in [0.25, 0.3) is 0 Å². The summed E-state index contributed by atoms with van der Waals surface area (Å²) in [6, 6.07) is 0. The van der Waals surface area contributed by atoms with Gasteiger partial charge in [0, 0.05) is 8.86 Å². The lowest BCUT2D eigenvalue weighted by molar-refractivity contribution is 1.74. The first-order valence-electron chi connectivity index (χ1n) is 1.68. The fourth-order valence-corrected chi connectivity index (χ4v) is 0.845. The number of halogens is 2. The van der Waals surface area contributed by atoms with Crippen LogP contribution in [0.3, 0.4) is 0 Å². The van der Waals surface area contributed by atoms with Crippen LogP contribution in [0.2, 0.25) is 0 Å². The Hall–Kier alpha value is 1.20. The summed E-state index contributed by atoms with van der Waals surface area (Å²) in [6.45, 7) is 0. The molecule has 0 aromatic carbocycles. The Morgan fingerprint density at radius 2 is 1.33 bits per heavy atom. The second kappa shape index (κ2) is 6.20. The summed E-state index contributed by atoms with van der Waals surface area (Å²) in [4.78, 5) is 0. The third kappa shape index (κ3) is 5.20. The fraction of sp³-hybridized carbons (Fsp3) is 0.500. The van der Waals surface area contributed by atoms with Gasteiger partial charge in [-0.3, -0.25) is 0 Å². The van der Waals surface area contributed by atoms with E-state index < -0.39 is 0 Å². The lowest BCUT2D eigenvalue weighted by Crippen LogP contribution is -1.58. The van der Waals surface area contributed by atoms with Crippen molar-refractivity contribution in [3.05, 3.63) is 12.2 Å². The molecule has 0 saturated heterocycles. The summed E-state index contributed by atoms with van der Waals surface area (Å²) in [6.07, 6.45) is 4.32. The molecule has 0 aromatic heterocycles. The van der Waals surface area contributed by atoms with Gasteiger partial charge >= 0.3 is 0 Å². The van der Waals surface area contributed by atoms with Crippen LogP contribution in [-0.4, -0.2) is 8.86 Å². The minimum absolute atomic E-state index is 1.14. The standard InChI is InChI=1S/C4H6I2/c5-3-1-2-4-6/h1-2H,3-4H2. The van der Waals surface area contributed by atoms with Gasteiger partial charge in [-0.05, 0) is 0 Å². The van der Waals surface area contributed by atoms with E-state index in [1.165, 1.54) is 0 Å². The molecule has 36 valence electrons. The molecule has 0 heterocycles. The van der Waals surface area contributed by atoms with Gasteiger partial charge in [-0.25, -0.2) is 0 Å². The summed E-state index contributed by atoms with van der Waals surface area (Å²) in [5.41, 5.74) is 0. The SMILES string of the molecule is ICC=CCI. The maximum Gasteiger partial charge on any atom is 0.0176 e. The van der Waals surface area contributed by atoms with Crippen LogP contribution < -0.4 is 0 Å². The van der Waals surface area contributed by atoms with E-state index in [0.29, 0.717) is 0 Å². The van der Waals surface area contributed by atoms with Gasteiger partial charge in [0.25, 0.3) is 0 Å². The van der Waals surface area contributed by atoms with E-state index in [9.17, 15) is 0 Å². The molecule has 0 fully saturated rings. The molecule has 0 amide bonds. The van der Waals surface area contributed by atoms with Crippen LogP contribution in [0.15, 0.2) is 12.2 Å². The van der Waals surface area contributed by atoms with Crippen LogP contribution in [0.5, 0.6) is 0 Å². The molecule has 0 bridgehead atoms. The Bertz CT molecular complexity index is 34.8. The Balaban J connectivity index is 2.73. The van der Waals surface area contributed by atoms with E-state index in [-0.39, 0.29) is 0 Å². The second-order valence-corrected chi connectivity index (χ2v) is 2.54. The van der Waals surface area contributed by atoms with Gasteiger partial charge < -0.3 is 0 Å². The average molecular weight is 308 g/mol. The van der Waals surface area contributed by atoms with E-state index in [1.54, 1.807) is 0 Å². The van der Waals surface area contributed by atoms with Crippen molar-refractivity contribution < 1.29 is 0 Å². The van der Waals surface area contributed by atoms with Gasteiger partial charge in [0.1, 0.15) is 0 Å². The Morgan fingerprint density at radius 1 is 1.00 bits per heavy atom. The molecular weight excluding hydrogens is 302 g/mol. The first-order valence-corrected chi connectivity index (χ1v) is 4.74. The lowest BCUT2D eigenvalue weighted by atomic mass is 10.6. The van der Waals surface area contributed by atoms with Crippen molar-refractivity contribution in [2.45, 2.75) is 0 Å². The molecule has 0 saturated carbocycles. The highest BCUT2D eigenvalue weighted by Crippen LogP contribution is 1.85. The van der Waals surface area contributed by atoms with E-state index in [1.807, 2.05) is 0 Å². The predicted octanol–water partition coefficient (Wildman–Crippen LogP) is 2.41. The largest absolute Gasteiger partial charge is 0.0819 e. The third-order valence-corrected chi connectivity index (χ3v) is 1.36. The maximum atomic E-state index is 2.32. The van der Waals surface area contributed by atoms with Crippen LogP contribution >= 0.6 is 45.2 Å². The highest BCUT2D eigenvalue weighted by molar-refractivity contribution is 14.1. The average Bonchev–Trinajstić information content (AvgIpc) is 1.61. The quantitative estimate of drug-likeness (QED) is 0.417. The van der Waals surface area contributed by atoms with Gasteiger partial charge in [0.05, 0.1) is 0 Å². The van der Waals surface area contributed by atoms with Crippen LogP contribution in [0, 0.1) is 0 Å². The zero-order valence-corrected chi connectivity index (χ0v) is 7.64. The molecule has 0 spiro atoms. The van der Waals surface area contributed by atoms with Crippen molar-refractivity contribution in [1.29, 1.82) is 0 Å². The molecule has 0 rings (SSSR count). The molecule has 0 radical (unpaired) electrons. The minimum Gasteiger partial charge on any atom is -0.0819 e. The molecule has 0 aliphatic rings. The summed E-state index contributed by atoms with van der Waals surface area (Å²) in [7, 11) is 0. The van der Waals surface area contributed by atoms with Crippen molar-refractivity contribution in [2.24, 2.45) is 0 Å². The Labute approximate surface area is 65.7 Å². The highest BCUT2D eigenvalue weighted by atomic mass is 127. The maximum absolute atomic E-state index is 2.32. The molecule has 0 aromatic rings. The summed E-state index contributed by atoms with van der Waals surface area (Å²) >= 11 is 4.64. The van der Waals surface area contributed by atoms with Crippen LogP contribution in [-0.2, 0) is 0 Å². The zero-order valence-electron chi connectivity index (χ0n) is 3.32. The number of alkyl halides is 2. The molecule has 0 unspecified atom stereocenters. The van der Waals surface area contributed by atoms with E-state index in [4.69, 9.17) is 0 Å². The monoisotopic (exact) mass is 308 g/mol. The summed E-state index contributed by atoms with van der Waals surface area (Å²) in [5, 5.41) is 0. The number of rotatable bonds is 2. The molecule has 0 aliphatic carbocycles. The van der Waals surface area contributed by atoms with Crippen molar-refractivity contribution in [3.63, 3.8) is 0 Å². The molecular formula is C4H6I2. The fourth-order valence-electron chi connectivity index (χ4n) is 0.126. The minimum atomic E-state index is 1.14. The molecule has 0 aliphatic heterocycles. The van der Waals surface area contributed by atoms with Crippen LogP contribution in [0.1, 0.15) is 0 Å². The molecule has 0 atom stereocenters. The summed E-state index contributed by atoms with van der Waals surface area (Å²) in [5.74, 6) is 0. The van der Waals surface area contributed by atoms with Crippen molar-refractivity contribution >= 4 is 45.2 Å². The highest BCUT2D eigenvalue weighted by Gasteiger charge is 1.62. The second-order valence-electron chi connectivity index (χ2n) is 0.780. The topological polar surface area (TPSA) is 0 Å². The molecule has 6 heavy (non-hydrogen) atoms. The van der Waals surface area contributed by atoms with E-state index >= 15 is 0 Å². The van der Waals surface area contributed by atoms with E-state index in [0.717, 1.165) is 8.86 Å². The third-order valence-electron chi connectivity index (χ3n) is 0.345. The smallest absolute Gasteiger partial charge is 0.0176 e. The van der Waals surface area contributed by atoms with Gasteiger partial charge in [-0.15, -0.1) is 0 Å². The van der Waals surface area contributed by atoms with Gasteiger partial charge in [-0.1, -0.05) is 57.3 Å². The predicted molar refractivity (Wildman–Crippen MR) is 46.9 cm³/mol. The number of hydrogen-bond acceptors (Lipinski definition) is 0. The van der Waals surface area contributed by atoms with Crippen molar-refractivity contribution in [1.82, 2.24) is 0 Å². The number of allylic oxidation sites excluding steroid dienone is 2. The number of hydrogen-bond donors (Lipinski definition) is 0. The van der Waals surface area contributed by atoms with E-state index in [2.05, 4.69) is 57.3 Å². The molecule has 0 N–H and O–H groups in total. The van der Waals surface area contributed by atoms with Crippen molar-refractivity contribution in [3.8, 4) is 0 Å². The zero-order chi connectivity index (χ0) is 4.83. The Kier molecular flexibility index (Phi) is 7.44.